The second-order valence-corrected chi connectivity index (χ2v) is 10.8. The molecule has 0 aliphatic heterocycles. The average Bonchev–Trinajstić information content (AvgIpc) is 3.60. The number of ketones is 1. The minimum Gasteiger partial charge on any atom is -0.319 e. The molecular formula is C36H31N3O. The molecule has 7 rings (SSSR count). The molecule has 0 saturated heterocycles. The molecule has 3 heterocycles. The molecule has 3 aromatic heterocycles. The van der Waals surface area contributed by atoms with Gasteiger partial charge in [-0.1, -0.05) is 97.1 Å². The molecule has 0 fully saturated rings. The number of hydrogen-bond acceptors (Lipinski definition) is 2. The van der Waals surface area contributed by atoms with E-state index in [1.807, 2.05) is 24.7 Å². The predicted molar refractivity (Wildman–Crippen MR) is 159 cm³/mol. The molecule has 3 aromatic carbocycles. The third kappa shape index (κ3) is 3.75. The van der Waals surface area contributed by atoms with Crippen LogP contribution in [0.5, 0.6) is 0 Å². The number of carbonyl (C=O) groups excluding carboxylic acids is 1. The zero-order chi connectivity index (χ0) is 27.1. The summed E-state index contributed by atoms with van der Waals surface area (Å²) in [6, 6.07) is 38.0. The maximum absolute atomic E-state index is 13.9. The minimum absolute atomic E-state index is 0.0897. The number of pyridine rings is 1. The van der Waals surface area contributed by atoms with E-state index in [4.69, 9.17) is 4.98 Å². The van der Waals surface area contributed by atoms with E-state index >= 15 is 0 Å². The van der Waals surface area contributed by atoms with Crippen LogP contribution < -0.4 is 0 Å². The number of benzene rings is 3. The molecule has 1 unspecified atom stereocenters. The minimum atomic E-state index is -0.604. The van der Waals surface area contributed by atoms with Crippen molar-refractivity contribution in [3.05, 3.63) is 167 Å². The van der Waals surface area contributed by atoms with Crippen molar-refractivity contribution in [2.75, 3.05) is 0 Å². The summed E-state index contributed by atoms with van der Waals surface area (Å²) in [7, 11) is 0. The Hall–Kier alpha value is -4.70. The number of aromatic nitrogens is 3. The quantitative estimate of drug-likeness (QED) is 0.216. The van der Waals surface area contributed by atoms with E-state index in [9.17, 15) is 4.79 Å². The highest BCUT2D eigenvalue weighted by molar-refractivity contribution is 6.01. The van der Waals surface area contributed by atoms with Gasteiger partial charge < -0.3 is 8.97 Å². The molecule has 4 nitrogen and oxygen atoms in total. The SMILES string of the molecule is Cc1c2c(n3ccccc13)C(=O)C(Cc1cn(C(c3ccccc3)(c3ccccc3)c3ccccc3)cn1)CC2. The molecule has 1 aliphatic carbocycles. The molecule has 0 amide bonds. The Morgan fingerprint density at radius 1 is 0.800 bits per heavy atom. The van der Waals surface area contributed by atoms with Gasteiger partial charge in [0.25, 0.3) is 0 Å². The first-order chi connectivity index (χ1) is 19.7. The van der Waals surface area contributed by atoms with Crippen LogP contribution in [0.15, 0.2) is 128 Å². The average molecular weight is 522 g/mol. The summed E-state index contributed by atoms with van der Waals surface area (Å²) >= 11 is 0. The fourth-order valence-corrected chi connectivity index (χ4v) is 6.72. The lowest BCUT2D eigenvalue weighted by molar-refractivity contribution is 0.0894. The van der Waals surface area contributed by atoms with Gasteiger partial charge in [0.05, 0.1) is 17.7 Å². The van der Waals surface area contributed by atoms with Gasteiger partial charge >= 0.3 is 0 Å². The molecule has 1 aliphatic rings. The maximum Gasteiger partial charge on any atom is 0.183 e. The monoisotopic (exact) mass is 521 g/mol. The van der Waals surface area contributed by atoms with Crippen molar-refractivity contribution in [1.82, 2.24) is 14.0 Å². The zero-order valence-electron chi connectivity index (χ0n) is 22.6. The Kier molecular flexibility index (Phi) is 5.96. The number of Topliss-reactive ketones (excluding diaryl/α,β-unsaturated/α-hetero) is 1. The molecule has 196 valence electrons. The highest BCUT2D eigenvalue weighted by Gasteiger charge is 2.39. The summed E-state index contributed by atoms with van der Waals surface area (Å²) < 4.78 is 4.32. The topological polar surface area (TPSA) is 39.3 Å². The lowest BCUT2D eigenvalue weighted by Crippen LogP contribution is -2.37. The van der Waals surface area contributed by atoms with Crippen molar-refractivity contribution < 1.29 is 4.79 Å². The van der Waals surface area contributed by atoms with Crippen LogP contribution in [0.25, 0.3) is 5.52 Å². The van der Waals surface area contributed by atoms with Gasteiger partial charge in [0.2, 0.25) is 0 Å². The number of nitrogens with zero attached hydrogens (tertiary/aromatic N) is 3. The van der Waals surface area contributed by atoms with E-state index in [0.29, 0.717) is 6.42 Å². The predicted octanol–water partition coefficient (Wildman–Crippen LogP) is 7.27. The van der Waals surface area contributed by atoms with Crippen molar-refractivity contribution in [2.24, 2.45) is 5.92 Å². The first kappa shape index (κ1) is 24.3. The number of carbonyl (C=O) groups is 1. The van der Waals surface area contributed by atoms with Crippen LogP contribution in [-0.2, 0) is 18.4 Å². The first-order valence-corrected chi connectivity index (χ1v) is 14.0. The number of aryl methyl sites for hydroxylation is 1. The second-order valence-electron chi connectivity index (χ2n) is 10.8. The Morgan fingerprint density at radius 3 is 1.98 bits per heavy atom. The summed E-state index contributed by atoms with van der Waals surface area (Å²) in [6.07, 6.45) is 8.50. The fourth-order valence-electron chi connectivity index (χ4n) is 6.72. The molecule has 0 saturated carbocycles. The van der Waals surface area contributed by atoms with E-state index < -0.39 is 5.54 Å². The molecule has 4 heteroatoms. The van der Waals surface area contributed by atoms with Crippen LogP contribution in [0, 0.1) is 12.8 Å². The normalized spacial score (nSPS) is 15.3. The number of hydrogen-bond donors (Lipinski definition) is 0. The van der Waals surface area contributed by atoms with E-state index in [0.717, 1.165) is 46.4 Å². The van der Waals surface area contributed by atoms with Crippen molar-refractivity contribution in [3.8, 4) is 0 Å². The Labute approximate surface area is 234 Å². The standard InChI is InChI=1S/C36H31N3O/c1-26-32-21-20-27(35(40)34(32)39-22-12-11-19-33(26)39)23-31-24-38(25-37-31)36(28-13-5-2-6-14-28,29-15-7-3-8-16-29)30-17-9-4-10-18-30/h2-19,22,24-25,27H,20-21,23H2,1H3. The molecular weight excluding hydrogens is 490 g/mol. The molecule has 0 radical (unpaired) electrons. The smallest absolute Gasteiger partial charge is 0.183 e. The molecule has 0 spiro atoms. The largest absolute Gasteiger partial charge is 0.319 e. The van der Waals surface area contributed by atoms with Crippen molar-refractivity contribution in [3.63, 3.8) is 0 Å². The van der Waals surface area contributed by atoms with Crippen LogP contribution in [0.3, 0.4) is 0 Å². The van der Waals surface area contributed by atoms with Gasteiger partial charge in [-0.25, -0.2) is 4.98 Å². The van der Waals surface area contributed by atoms with Crippen LogP contribution in [0.4, 0.5) is 0 Å². The third-order valence-corrected chi connectivity index (χ3v) is 8.62. The summed E-state index contributed by atoms with van der Waals surface area (Å²) in [5.41, 5.74) is 8.22. The van der Waals surface area contributed by atoms with Crippen LogP contribution in [0.1, 0.15) is 50.4 Å². The van der Waals surface area contributed by atoms with Gasteiger partial charge in [0, 0.05) is 30.2 Å². The highest BCUT2D eigenvalue weighted by Crippen LogP contribution is 2.41. The van der Waals surface area contributed by atoms with E-state index in [1.165, 1.54) is 11.1 Å². The van der Waals surface area contributed by atoms with Crippen molar-refractivity contribution >= 4 is 11.3 Å². The first-order valence-electron chi connectivity index (χ1n) is 14.0. The number of fused-ring (bicyclic) bond motifs is 3. The Bertz CT molecular complexity index is 1700. The summed E-state index contributed by atoms with van der Waals surface area (Å²) in [6.45, 7) is 2.14. The van der Waals surface area contributed by atoms with Crippen molar-refractivity contribution in [1.29, 1.82) is 0 Å². The van der Waals surface area contributed by atoms with Gasteiger partial charge in [0.1, 0.15) is 5.54 Å². The molecule has 0 bridgehead atoms. The lowest BCUT2D eigenvalue weighted by atomic mass is 9.76. The van der Waals surface area contributed by atoms with Crippen LogP contribution in [0.2, 0.25) is 0 Å². The summed E-state index contributed by atoms with van der Waals surface area (Å²) in [5, 5.41) is 0. The maximum atomic E-state index is 13.9. The van der Waals surface area contributed by atoms with Gasteiger partial charge in [-0.05, 0) is 59.7 Å². The van der Waals surface area contributed by atoms with E-state index in [1.54, 1.807) is 0 Å². The van der Waals surface area contributed by atoms with Gasteiger partial charge in [-0.2, -0.15) is 0 Å². The fraction of sp³-hybridized carbons (Fsp3) is 0.167. The van der Waals surface area contributed by atoms with Crippen LogP contribution in [-0.4, -0.2) is 19.7 Å². The molecule has 1 atom stereocenters. The van der Waals surface area contributed by atoms with E-state index in [-0.39, 0.29) is 11.7 Å². The third-order valence-electron chi connectivity index (χ3n) is 8.62. The lowest BCUT2D eigenvalue weighted by Gasteiger charge is -2.37. The number of imidazole rings is 1. The molecule has 0 N–H and O–H groups in total. The Balaban J connectivity index is 1.31. The molecule has 6 aromatic rings. The summed E-state index contributed by atoms with van der Waals surface area (Å²) in [4.78, 5) is 18.8. The zero-order valence-corrected chi connectivity index (χ0v) is 22.6. The number of rotatable bonds is 6. The second kappa shape index (κ2) is 9.80. The van der Waals surface area contributed by atoms with Gasteiger partial charge in [0.15, 0.2) is 5.78 Å². The van der Waals surface area contributed by atoms with E-state index in [2.05, 4.69) is 119 Å². The van der Waals surface area contributed by atoms with Gasteiger partial charge in [-0.15, -0.1) is 0 Å². The van der Waals surface area contributed by atoms with Crippen LogP contribution >= 0.6 is 0 Å². The Morgan fingerprint density at radius 2 is 1.38 bits per heavy atom. The van der Waals surface area contributed by atoms with Crippen molar-refractivity contribution in [2.45, 2.75) is 31.7 Å². The molecule has 40 heavy (non-hydrogen) atoms. The summed E-state index contributed by atoms with van der Waals surface area (Å²) in [5.74, 6) is 0.138. The highest BCUT2D eigenvalue weighted by atomic mass is 16.1. The van der Waals surface area contributed by atoms with Gasteiger partial charge in [-0.3, -0.25) is 4.79 Å².